The van der Waals surface area contributed by atoms with Crippen molar-refractivity contribution in [2.45, 2.75) is 30.4 Å². The van der Waals surface area contributed by atoms with Crippen molar-refractivity contribution in [2.24, 2.45) is 0 Å². The van der Waals surface area contributed by atoms with Gasteiger partial charge in [0.2, 0.25) is 5.91 Å². The van der Waals surface area contributed by atoms with Crippen LogP contribution in [0.4, 0.5) is 9.93 Å². The molecule has 34 heavy (non-hydrogen) atoms. The zero-order valence-corrected chi connectivity index (χ0v) is 20.1. The summed E-state index contributed by atoms with van der Waals surface area (Å²) in [6.07, 6.45) is 0.856. The summed E-state index contributed by atoms with van der Waals surface area (Å²) in [4.78, 5) is 32.4. The number of benzene rings is 2. The minimum absolute atomic E-state index is 0.161. The van der Waals surface area contributed by atoms with Crippen molar-refractivity contribution in [1.29, 1.82) is 0 Å². The van der Waals surface area contributed by atoms with Crippen LogP contribution in [0.5, 0.6) is 0 Å². The fourth-order valence-corrected chi connectivity index (χ4v) is 6.56. The van der Waals surface area contributed by atoms with Gasteiger partial charge in [-0.2, -0.15) is 0 Å². The Morgan fingerprint density at radius 1 is 1.09 bits per heavy atom. The van der Waals surface area contributed by atoms with Crippen molar-refractivity contribution in [1.82, 2.24) is 9.88 Å². The first-order valence-electron chi connectivity index (χ1n) is 11.2. The SMILES string of the molecule is O=C(Nc1nc(-c2ccccc2)cs1)C1CSC2(CCOCC2)N1C(=O)OCc1ccccc1. The van der Waals surface area contributed by atoms with E-state index in [0.29, 0.717) is 36.9 Å². The van der Waals surface area contributed by atoms with E-state index in [9.17, 15) is 9.59 Å². The first-order valence-corrected chi connectivity index (χ1v) is 13.0. The van der Waals surface area contributed by atoms with Gasteiger partial charge >= 0.3 is 6.09 Å². The molecule has 1 N–H and O–H groups in total. The minimum Gasteiger partial charge on any atom is -0.444 e. The van der Waals surface area contributed by atoms with Gasteiger partial charge in [0.25, 0.3) is 0 Å². The Balaban J connectivity index is 1.32. The molecule has 2 aliphatic heterocycles. The smallest absolute Gasteiger partial charge is 0.411 e. The van der Waals surface area contributed by atoms with E-state index in [1.54, 1.807) is 16.7 Å². The van der Waals surface area contributed by atoms with Crippen LogP contribution in [0.2, 0.25) is 0 Å². The van der Waals surface area contributed by atoms with Crippen molar-refractivity contribution in [3.8, 4) is 11.3 Å². The van der Waals surface area contributed by atoms with Crippen LogP contribution in [0, 0.1) is 0 Å². The van der Waals surface area contributed by atoms with E-state index in [1.807, 2.05) is 66.0 Å². The number of rotatable bonds is 5. The lowest BCUT2D eigenvalue weighted by atomic mass is 10.0. The monoisotopic (exact) mass is 495 g/mol. The van der Waals surface area contributed by atoms with Crippen LogP contribution in [-0.2, 0) is 20.9 Å². The molecular formula is C25H25N3O4S2. The number of nitrogens with one attached hydrogen (secondary N) is 1. The number of aromatic nitrogens is 1. The molecule has 0 bridgehead atoms. The van der Waals surface area contributed by atoms with Crippen molar-refractivity contribution < 1.29 is 19.1 Å². The van der Waals surface area contributed by atoms with Gasteiger partial charge in [0.05, 0.1) is 10.6 Å². The number of carbonyl (C=O) groups is 2. The van der Waals surface area contributed by atoms with Crippen molar-refractivity contribution in [2.75, 3.05) is 24.3 Å². The highest BCUT2D eigenvalue weighted by molar-refractivity contribution is 8.01. The molecule has 7 nitrogen and oxygen atoms in total. The molecule has 1 unspecified atom stereocenters. The zero-order valence-electron chi connectivity index (χ0n) is 18.5. The number of nitrogens with zero attached hydrogens (tertiary/aromatic N) is 2. The highest BCUT2D eigenvalue weighted by Gasteiger charge is 2.53. The molecule has 3 aromatic rings. The third-order valence-corrected chi connectivity index (χ3v) is 8.43. The van der Waals surface area contributed by atoms with E-state index in [2.05, 4.69) is 10.3 Å². The maximum absolute atomic E-state index is 13.3. The average Bonchev–Trinajstić information content (AvgIpc) is 3.49. The molecular weight excluding hydrogens is 470 g/mol. The zero-order chi connectivity index (χ0) is 23.4. The molecule has 0 saturated carbocycles. The van der Waals surface area contributed by atoms with Gasteiger partial charge < -0.3 is 14.8 Å². The summed E-state index contributed by atoms with van der Waals surface area (Å²) in [6.45, 7) is 1.27. The molecule has 5 rings (SSSR count). The summed E-state index contributed by atoms with van der Waals surface area (Å²) in [5.74, 6) is 0.255. The lowest BCUT2D eigenvalue weighted by Crippen LogP contribution is -2.55. The molecule has 0 aliphatic carbocycles. The molecule has 2 aliphatic rings. The van der Waals surface area contributed by atoms with Gasteiger partial charge in [-0.25, -0.2) is 9.78 Å². The van der Waals surface area contributed by atoms with Crippen LogP contribution in [0.25, 0.3) is 11.3 Å². The number of thioether (sulfide) groups is 1. The van der Waals surface area contributed by atoms with Gasteiger partial charge in [-0.3, -0.25) is 9.69 Å². The molecule has 1 atom stereocenters. The normalized spacial score (nSPS) is 19.2. The van der Waals surface area contributed by atoms with Gasteiger partial charge in [0, 0.05) is 42.8 Å². The molecule has 3 heterocycles. The highest BCUT2D eigenvalue weighted by Crippen LogP contribution is 2.47. The van der Waals surface area contributed by atoms with E-state index >= 15 is 0 Å². The Morgan fingerprint density at radius 3 is 2.53 bits per heavy atom. The summed E-state index contributed by atoms with van der Waals surface area (Å²) in [5, 5.41) is 5.36. The van der Waals surface area contributed by atoms with E-state index in [0.717, 1.165) is 16.8 Å². The Kier molecular flexibility index (Phi) is 6.85. The second kappa shape index (κ2) is 10.2. The number of amides is 2. The molecule has 0 radical (unpaired) electrons. The summed E-state index contributed by atoms with van der Waals surface area (Å²) < 4.78 is 11.2. The van der Waals surface area contributed by atoms with Crippen molar-refractivity contribution in [3.63, 3.8) is 0 Å². The van der Waals surface area contributed by atoms with Crippen molar-refractivity contribution in [3.05, 3.63) is 71.6 Å². The number of carbonyl (C=O) groups excluding carboxylic acids is 2. The first-order chi connectivity index (χ1) is 16.6. The highest BCUT2D eigenvalue weighted by atomic mass is 32.2. The van der Waals surface area contributed by atoms with Gasteiger partial charge in [0.15, 0.2) is 5.13 Å². The second-order valence-corrected chi connectivity index (χ2v) is 10.4. The van der Waals surface area contributed by atoms with Crippen LogP contribution in [0.1, 0.15) is 18.4 Å². The number of hydrogen-bond acceptors (Lipinski definition) is 7. The Labute approximate surface area is 206 Å². The number of thiazole rings is 1. The molecule has 2 saturated heterocycles. The second-order valence-electron chi connectivity index (χ2n) is 8.19. The fourth-order valence-electron chi connectivity index (χ4n) is 4.27. The molecule has 2 aromatic carbocycles. The van der Waals surface area contributed by atoms with Crippen LogP contribution >= 0.6 is 23.1 Å². The molecule has 2 amide bonds. The summed E-state index contributed by atoms with van der Waals surface area (Å²) >= 11 is 3.01. The van der Waals surface area contributed by atoms with Crippen LogP contribution in [0.3, 0.4) is 0 Å². The van der Waals surface area contributed by atoms with Gasteiger partial charge in [-0.15, -0.1) is 23.1 Å². The first kappa shape index (κ1) is 22.9. The molecule has 2 fully saturated rings. The molecule has 1 spiro atoms. The summed E-state index contributed by atoms with van der Waals surface area (Å²) in [7, 11) is 0. The maximum atomic E-state index is 13.3. The van der Waals surface area contributed by atoms with E-state index in [-0.39, 0.29) is 12.5 Å². The third kappa shape index (κ3) is 4.82. The lowest BCUT2D eigenvalue weighted by Gasteiger charge is -2.41. The summed E-state index contributed by atoms with van der Waals surface area (Å²) in [6, 6.07) is 18.7. The lowest BCUT2D eigenvalue weighted by molar-refractivity contribution is -0.121. The predicted octanol–water partition coefficient (Wildman–Crippen LogP) is 5.01. The van der Waals surface area contributed by atoms with Crippen LogP contribution in [-0.4, -0.2) is 51.8 Å². The van der Waals surface area contributed by atoms with Crippen LogP contribution < -0.4 is 5.32 Å². The number of anilines is 1. The van der Waals surface area contributed by atoms with Crippen LogP contribution in [0.15, 0.2) is 66.0 Å². The molecule has 176 valence electrons. The minimum atomic E-state index is -0.643. The quantitative estimate of drug-likeness (QED) is 0.536. The summed E-state index contributed by atoms with van der Waals surface area (Å²) in [5.41, 5.74) is 2.70. The Bertz CT molecular complexity index is 1130. The number of hydrogen-bond donors (Lipinski definition) is 1. The van der Waals surface area contributed by atoms with E-state index in [1.165, 1.54) is 11.3 Å². The average molecular weight is 496 g/mol. The third-order valence-electron chi connectivity index (χ3n) is 6.04. The van der Waals surface area contributed by atoms with Gasteiger partial charge in [0.1, 0.15) is 12.6 Å². The standard InChI is InChI=1S/C25H25N3O4S2/c29-22(27-23-26-20(16-33-23)19-9-5-2-6-10-19)21-17-34-25(11-13-31-14-12-25)28(21)24(30)32-15-18-7-3-1-4-8-18/h1-10,16,21H,11-15,17H2,(H,26,27,29). The molecule has 1 aromatic heterocycles. The molecule has 9 heteroatoms. The maximum Gasteiger partial charge on any atom is 0.411 e. The topological polar surface area (TPSA) is 80.8 Å². The Morgan fingerprint density at radius 2 is 1.79 bits per heavy atom. The fraction of sp³-hybridized carbons (Fsp3) is 0.320. The van der Waals surface area contributed by atoms with Crippen molar-refractivity contribution >= 4 is 40.2 Å². The number of ether oxygens (including phenoxy) is 2. The van der Waals surface area contributed by atoms with E-state index < -0.39 is 17.0 Å². The van der Waals surface area contributed by atoms with Gasteiger partial charge in [-0.1, -0.05) is 60.7 Å². The van der Waals surface area contributed by atoms with Gasteiger partial charge in [-0.05, 0) is 5.56 Å². The predicted molar refractivity (Wildman–Crippen MR) is 134 cm³/mol. The largest absolute Gasteiger partial charge is 0.444 e. The van der Waals surface area contributed by atoms with E-state index in [4.69, 9.17) is 9.47 Å². The Hall–Kier alpha value is -2.88.